The Morgan fingerprint density at radius 3 is 2.94 bits per heavy atom. The molecule has 4 nitrogen and oxygen atoms in total. The zero-order valence-corrected chi connectivity index (χ0v) is 11.9. The van der Waals surface area contributed by atoms with Crippen LogP contribution in [0.15, 0.2) is 22.8 Å². The number of carbonyl (C=O) groups is 1. The molecule has 6 heteroatoms. The van der Waals surface area contributed by atoms with Gasteiger partial charge in [-0.2, -0.15) is 0 Å². The molecular weight excluding hydrogens is 340 g/mol. The molecule has 0 aliphatic rings. The van der Waals surface area contributed by atoms with Gasteiger partial charge in [-0.1, -0.05) is 15.9 Å². The number of carbonyl (C=O) groups excluding carboxylic acids is 1. The van der Waals surface area contributed by atoms with Crippen LogP contribution in [-0.4, -0.2) is 36.0 Å². The molecule has 0 spiro atoms. The summed E-state index contributed by atoms with van der Waals surface area (Å²) in [7, 11) is 1.62. The maximum atomic E-state index is 11.6. The number of hydrogen-bond donors (Lipinski definition) is 1. The normalized spacial score (nSPS) is 12.2. The predicted octanol–water partition coefficient (Wildman–Crippen LogP) is 1.98. The second kappa shape index (κ2) is 6.98. The van der Waals surface area contributed by atoms with Gasteiger partial charge in [-0.25, -0.2) is 4.98 Å². The van der Waals surface area contributed by atoms with E-state index in [1.54, 1.807) is 25.4 Å². The summed E-state index contributed by atoms with van der Waals surface area (Å²) in [5, 5.41) is 2.76. The van der Waals surface area contributed by atoms with Crippen molar-refractivity contribution in [1.29, 1.82) is 0 Å². The van der Waals surface area contributed by atoms with Crippen molar-refractivity contribution >= 4 is 37.8 Å². The Morgan fingerprint density at radius 2 is 2.38 bits per heavy atom. The number of ether oxygens (including phenoxy) is 1. The average Bonchev–Trinajstić information content (AvgIpc) is 2.27. The van der Waals surface area contributed by atoms with Gasteiger partial charge in [-0.05, 0) is 28.1 Å². The van der Waals surface area contributed by atoms with E-state index in [9.17, 15) is 4.79 Å². The topological polar surface area (TPSA) is 51.2 Å². The predicted molar refractivity (Wildman–Crippen MR) is 68.9 cm³/mol. The molecule has 1 amide bonds. The van der Waals surface area contributed by atoms with Crippen LogP contribution < -0.4 is 5.32 Å². The van der Waals surface area contributed by atoms with E-state index in [4.69, 9.17) is 4.74 Å². The van der Waals surface area contributed by atoms with E-state index in [1.807, 2.05) is 0 Å². The number of rotatable bonds is 5. The van der Waals surface area contributed by atoms with Crippen molar-refractivity contribution in [2.24, 2.45) is 0 Å². The Balaban J connectivity index is 2.43. The Hall–Kier alpha value is -0.460. The number of methoxy groups -OCH3 is 1. The molecule has 1 N–H and O–H groups in total. The van der Waals surface area contributed by atoms with Gasteiger partial charge in [0.25, 0.3) is 5.91 Å². The van der Waals surface area contributed by atoms with Crippen molar-refractivity contribution in [3.63, 3.8) is 0 Å². The highest BCUT2D eigenvalue weighted by Crippen LogP contribution is 2.07. The lowest BCUT2D eigenvalue weighted by molar-refractivity contribution is 0.0945. The number of hydrogen-bond acceptors (Lipinski definition) is 3. The molecule has 1 aromatic heterocycles. The number of nitrogens with zero attached hydrogens (tertiary/aromatic N) is 1. The molecule has 16 heavy (non-hydrogen) atoms. The summed E-state index contributed by atoms with van der Waals surface area (Å²) in [6, 6.07) is 3.45. The molecule has 0 saturated heterocycles. The van der Waals surface area contributed by atoms with Gasteiger partial charge in [0.15, 0.2) is 0 Å². The Morgan fingerprint density at radius 1 is 1.62 bits per heavy atom. The quantitative estimate of drug-likeness (QED) is 0.825. The van der Waals surface area contributed by atoms with Crippen molar-refractivity contribution in [3.8, 4) is 0 Å². The second-order valence-electron chi connectivity index (χ2n) is 3.12. The molecule has 1 rings (SSSR count). The van der Waals surface area contributed by atoms with Crippen LogP contribution in [0.5, 0.6) is 0 Å². The Labute approximate surface area is 111 Å². The molecule has 0 aromatic carbocycles. The summed E-state index contributed by atoms with van der Waals surface area (Å²) in [6.45, 7) is 1.05. The molecule has 0 fully saturated rings. The summed E-state index contributed by atoms with van der Waals surface area (Å²) >= 11 is 6.64. The molecule has 1 heterocycles. The minimum atomic E-state index is -0.187. The van der Waals surface area contributed by atoms with Crippen LogP contribution >= 0.6 is 31.9 Å². The number of alkyl halides is 1. The first-order valence-electron chi connectivity index (χ1n) is 4.66. The number of amides is 1. The lowest BCUT2D eigenvalue weighted by Gasteiger charge is -2.09. The minimum absolute atomic E-state index is 0.108. The van der Waals surface area contributed by atoms with Crippen LogP contribution in [0.25, 0.3) is 0 Å². The minimum Gasteiger partial charge on any atom is -0.383 e. The van der Waals surface area contributed by atoms with E-state index in [0.717, 1.165) is 4.47 Å². The largest absolute Gasteiger partial charge is 0.383 e. The molecular formula is C10H12Br2N2O2. The van der Waals surface area contributed by atoms with E-state index in [-0.39, 0.29) is 10.7 Å². The SMILES string of the molecule is COCC(Br)CNC(=O)c1ccc(Br)cn1. The maximum Gasteiger partial charge on any atom is 0.269 e. The zero-order valence-electron chi connectivity index (χ0n) is 8.74. The van der Waals surface area contributed by atoms with E-state index >= 15 is 0 Å². The highest BCUT2D eigenvalue weighted by atomic mass is 79.9. The van der Waals surface area contributed by atoms with Gasteiger partial charge < -0.3 is 10.1 Å². The highest BCUT2D eigenvalue weighted by Gasteiger charge is 2.09. The zero-order chi connectivity index (χ0) is 12.0. The fourth-order valence-corrected chi connectivity index (χ4v) is 1.70. The van der Waals surface area contributed by atoms with Crippen molar-refractivity contribution in [2.45, 2.75) is 4.83 Å². The number of nitrogens with one attached hydrogen (secondary N) is 1. The van der Waals surface area contributed by atoms with Crippen molar-refractivity contribution < 1.29 is 9.53 Å². The molecule has 88 valence electrons. The van der Waals surface area contributed by atoms with Crippen LogP contribution in [0.2, 0.25) is 0 Å². The number of aromatic nitrogens is 1. The Kier molecular flexibility index (Phi) is 5.94. The molecule has 1 atom stereocenters. The molecule has 0 aliphatic carbocycles. The average molecular weight is 352 g/mol. The van der Waals surface area contributed by atoms with Gasteiger partial charge in [0.2, 0.25) is 0 Å². The van der Waals surface area contributed by atoms with Gasteiger partial charge >= 0.3 is 0 Å². The first-order chi connectivity index (χ1) is 7.63. The van der Waals surface area contributed by atoms with Crippen LogP contribution in [0, 0.1) is 0 Å². The first kappa shape index (κ1) is 13.6. The van der Waals surface area contributed by atoms with Gasteiger partial charge in [-0.15, -0.1) is 0 Å². The van der Waals surface area contributed by atoms with E-state index in [0.29, 0.717) is 18.8 Å². The third-order valence-corrected chi connectivity index (χ3v) is 2.85. The standard InChI is InChI=1S/C10H12Br2N2O2/c1-16-6-8(12)5-14-10(15)9-3-2-7(11)4-13-9/h2-4,8H,5-6H2,1H3,(H,14,15). The summed E-state index contributed by atoms with van der Waals surface area (Å²) in [5.41, 5.74) is 0.403. The molecule has 1 unspecified atom stereocenters. The van der Waals surface area contributed by atoms with E-state index in [1.165, 1.54) is 0 Å². The smallest absolute Gasteiger partial charge is 0.269 e. The third-order valence-electron chi connectivity index (χ3n) is 1.79. The molecule has 1 aromatic rings. The van der Waals surface area contributed by atoms with Gasteiger partial charge in [0.1, 0.15) is 5.69 Å². The van der Waals surface area contributed by atoms with Crippen molar-refractivity contribution in [2.75, 3.05) is 20.3 Å². The van der Waals surface area contributed by atoms with Crippen LogP contribution in [-0.2, 0) is 4.74 Å². The summed E-state index contributed by atoms with van der Waals surface area (Å²) in [6.07, 6.45) is 1.59. The summed E-state index contributed by atoms with van der Waals surface area (Å²) in [4.78, 5) is 15.7. The number of halogens is 2. The lowest BCUT2D eigenvalue weighted by atomic mass is 10.3. The molecule has 0 radical (unpaired) electrons. The fourth-order valence-electron chi connectivity index (χ4n) is 1.04. The van der Waals surface area contributed by atoms with Crippen LogP contribution in [0.1, 0.15) is 10.5 Å². The molecule has 0 saturated carbocycles. The number of pyridine rings is 1. The monoisotopic (exact) mass is 350 g/mol. The van der Waals surface area contributed by atoms with E-state index in [2.05, 4.69) is 42.2 Å². The maximum absolute atomic E-state index is 11.6. The fraction of sp³-hybridized carbons (Fsp3) is 0.400. The van der Waals surface area contributed by atoms with Gasteiger partial charge in [0.05, 0.1) is 11.4 Å². The first-order valence-corrected chi connectivity index (χ1v) is 6.37. The lowest BCUT2D eigenvalue weighted by Crippen LogP contribution is -2.31. The summed E-state index contributed by atoms with van der Waals surface area (Å²) in [5.74, 6) is -0.187. The van der Waals surface area contributed by atoms with Gasteiger partial charge in [0, 0.05) is 24.3 Å². The highest BCUT2D eigenvalue weighted by molar-refractivity contribution is 9.10. The van der Waals surface area contributed by atoms with Crippen molar-refractivity contribution in [1.82, 2.24) is 10.3 Å². The Bertz CT molecular complexity index is 343. The van der Waals surface area contributed by atoms with Gasteiger partial charge in [-0.3, -0.25) is 4.79 Å². The van der Waals surface area contributed by atoms with Crippen molar-refractivity contribution in [3.05, 3.63) is 28.5 Å². The second-order valence-corrected chi connectivity index (χ2v) is 5.33. The third kappa shape index (κ3) is 4.59. The molecule has 0 bridgehead atoms. The molecule has 0 aliphatic heterocycles. The van der Waals surface area contributed by atoms with Crippen LogP contribution in [0.3, 0.4) is 0 Å². The summed E-state index contributed by atoms with van der Waals surface area (Å²) < 4.78 is 5.79. The van der Waals surface area contributed by atoms with Crippen LogP contribution in [0.4, 0.5) is 0 Å². The van der Waals surface area contributed by atoms with E-state index < -0.39 is 0 Å².